The van der Waals surface area contributed by atoms with E-state index in [-0.39, 0.29) is 0 Å². The van der Waals surface area contributed by atoms with Crippen molar-refractivity contribution in [1.29, 1.82) is 0 Å². The van der Waals surface area contributed by atoms with E-state index in [0.717, 1.165) is 25.2 Å². The largest absolute Gasteiger partial charge is 0.491 e. The summed E-state index contributed by atoms with van der Waals surface area (Å²) >= 11 is 0. The average molecular weight is 296 g/mol. The summed E-state index contributed by atoms with van der Waals surface area (Å²) in [5, 5.41) is 0. The van der Waals surface area contributed by atoms with E-state index in [9.17, 15) is 0 Å². The van der Waals surface area contributed by atoms with E-state index < -0.39 is 0 Å². The molecule has 122 valence electrons. The van der Waals surface area contributed by atoms with Crippen LogP contribution < -0.4 is 4.74 Å². The first-order chi connectivity index (χ1) is 10.4. The van der Waals surface area contributed by atoms with Gasteiger partial charge < -0.3 is 14.2 Å². The van der Waals surface area contributed by atoms with Crippen LogP contribution in [-0.2, 0) is 15.9 Å². The first-order valence-corrected chi connectivity index (χ1v) is 8.24. The molecule has 0 amide bonds. The first kappa shape index (κ1) is 19.9. The minimum absolute atomic E-state index is 0.584. The number of rotatable bonds is 11. The van der Waals surface area contributed by atoms with Crippen molar-refractivity contribution in [2.75, 3.05) is 33.0 Å². The van der Waals surface area contributed by atoms with E-state index in [1.54, 1.807) is 0 Å². The lowest BCUT2D eigenvalue weighted by Gasteiger charge is -2.08. The second kappa shape index (κ2) is 15.3. The monoisotopic (exact) mass is 296 g/mol. The molecular weight excluding hydrogens is 264 g/mol. The molecule has 3 nitrogen and oxygen atoms in total. The van der Waals surface area contributed by atoms with Crippen LogP contribution in [-0.4, -0.2) is 33.0 Å². The van der Waals surface area contributed by atoms with E-state index in [1.165, 1.54) is 12.0 Å². The molecule has 0 spiro atoms. The van der Waals surface area contributed by atoms with Crippen LogP contribution >= 0.6 is 0 Å². The quantitative estimate of drug-likeness (QED) is 0.563. The van der Waals surface area contributed by atoms with Crippen LogP contribution in [0.1, 0.15) is 46.1 Å². The average Bonchev–Trinajstić information content (AvgIpc) is 2.54. The van der Waals surface area contributed by atoms with Gasteiger partial charge in [-0.1, -0.05) is 46.2 Å². The zero-order valence-corrected chi connectivity index (χ0v) is 14.2. The molecule has 3 heteroatoms. The van der Waals surface area contributed by atoms with Crippen LogP contribution in [0.15, 0.2) is 24.3 Å². The minimum atomic E-state index is 0.584. The fraction of sp³-hybridized carbons (Fsp3) is 0.667. The van der Waals surface area contributed by atoms with Gasteiger partial charge in [-0.3, -0.25) is 0 Å². The minimum Gasteiger partial charge on any atom is -0.491 e. The van der Waals surface area contributed by atoms with Gasteiger partial charge >= 0.3 is 0 Å². The fourth-order valence-corrected chi connectivity index (χ4v) is 1.73. The molecule has 0 saturated carbocycles. The van der Waals surface area contributed by atoms with E-state index in [2.05, 4.69) is 26.0 Å². The fourth-order valence-electron chi connectivity index (χ4n) is 1.73. The highest BCUT2D eigenvalue weighted by Crippen LogP contribution is 2.13. The van der Waals surface area contributed by atoms with Crippen LogP contribution in [0.2, 0.25) is 0 Å². The summed E-state index contributed by atoms with van der Waals surface area (Å²) in [6.45, 7) is 11.6. The zero-order chi connectivity index (χ0) is 15.8. The van der Waals surface area contributed by atoms with E-state index in [1.807, 2.05) is 26.0 Å². The molecule has 0 aliphatic carbocycles. The van der Waals surface area contributed by atoms with Gasteiger partial charge in [0.2, 0.25) is 0 Å². The maximum absolute atomic E-state index is 5.60. The molecule has 0 radical (unpaired) electrons. The first-order valence-electron chi connectivity index (χ1n) is 8.24. The normalized spacial score (nSPS) is 9.90. The van der Waals surface area contributed by atoms with E-state index in [0.29, 0.717) is 26.4 Å². The molecule has 0 aromatic heterocycles. The van der Waals surface area contributed by atoms with Crippen molar-refractivity contribution in [3.8, 4) is 5.75 Å². The van der Waals surface area contributed by atoms with Crippen molar-refractivity contribution in [3.05, 3.63) is 29.8 Å². The van der Waals surface area contributed by atoms with Crippen LogP contribution in [0.25, 0.3) is 0 Å². The third kappa shape index (κ3) is 11.3. The molecule has 0 fully saturated rings. The maximum Gasteiger partial charge on any atom is 0.119 e. The summed E-state index contributed by atoms with van der Waals surface area (Å²) in [6.07, 6.45) is 3.35. The third-order valence-corrected chi connectivity index (χ3v) is 2.68. The molecule has 0 saturated heterocycles. The highest BCUT2D eigenvalue weighted by molar-refractivity contribution is 5.27. The maximum atomic E-state index is 5.60. The predicted octanol–water partition coefficient (Wildman–Crippen LogP) is 4.49. The van der Waals surface area contributed by atoms with Gasteiger partial charge in [0.15, 0.2) is 0 Å². The van der Waals surface area contributed by atoms with Crippen molar-refractivity contribution in [2.45, 2.75) is 47.0 Å². The van der Waals surface area contributed by atoms with Gasteiger partial charge in [0.25, 0.3) is 0 Å². The van der Waals surface area contributed by atoms with Crippen molar-refractivity contribution in [2.24, 2.45) is 0 Å². The second-order valence-corrected chi connectivity index (χ2v) is 4.47. The van der Waals surface area contributed by atoms with Crippen LogP contribution in [0.3, 0.4) is 0 Å². The topological polar surface area (TPSA) is 27.7 Å². The van der Waals surface area contributed by atoms with Gasteiger partial charge in [0.1, 0.15) is 12.4 Å². The van der Waals surface area contributed by atoms with E-state index >= 15 is 0 Å². The third-order valence-electron chi connectivity index (χ3n) is 2.68. The molecule has 0 N–H and O–H groups in total. The lowest BCUT2D eigenvalue weighted by molar-refractivity contribution is 0.0366. The van der Waals surface area contributed by atoms with Crippen LogP contribution in [0.5, 0.6) is 5.75 Å². The molecule has 0 heterocycles. The lowest BCUT2D eigenvalue weighted by Crippen LogP contribution is -2.11. The van der Waals surface area contributed by atoms with Gasteiger partial charge in [0.05, 0.1) is 19.8 Å². The molecule has 0 atom stereocenters. The van der Waals surface area contributed by atoms with Gasteiger partial charge in [-0.15, -0.1) is 0 Å². The summed E-state index contributed by atoms with van der Waals surface area (Å²) < 4.78 is 16.3. The summed E-state index contributed by atoms with van der Waals surface area (Å²) in [5.74, 6) is 0.908. The van der Waals surface area contributed by atoms with Gasteiger partial charge in [-0.2, -0.15) is 0 Å². The Kier molecular flexibility index (Phi) is 14.6. The van der Waals surface area contributed by atoms with Crippen LogP contribution in [0.4, 0.5) is 0 Å². The summed E-state index contributed by atoms with van der Waals surface area (Å²) in [4.78, 5) is 0. The van der Waals surface area contributed by atoms with Gasteiger partial charge in [-0.05, 0) is 30.5 Å². The number of hydrogen-bond acceptors (Lipinski definition) is 3. The van der Waals surface area contributed by atoms with Crippen molar-refractivity contribution < 1.29 is 14.2 Å². The molecule has 0 aliphatic heterocycles. The molecule has 0 bridgehead atoms. The molecule has 1 rings (SSSR count). The second-order valence-electron chi connectivity index (χ2n) is 4.47. The highest BCUT2D eigenvalue weighted by atomic mass is 16.5. The summed E-state index contributed by atoms with van der Waals surface area (Å²) in [6, 6.07) is 8.29. The molecule has 21 heavy (non-hydrogen) atoms. The Labute approximate surface area is 130 Å². The summed E-state index contributed by atoms with van der Waals surface area (Å²) in [7, 11) is 0. The lowest BCUT2D eigenvalue weighted by atomic mass is 10.1. The Morgan fingerprint density at radius 1 is 0.714 bits per heavy atom. The standard InChI is InChI=1S/C16H26O3.C2H6/c1-3-5-15-6-8-16(9-7-15)19-14-13-18-12-11-17-10-4-2;1-2/h6-9H,3-5,10-14H2,1-2H3;1-2H3. The highest BCUT2D eigenvalue weighted by Gasteiger charge is 1.95. The molecule has 0 aliphatic rings. The number of hydrogen-bond donors (Lipinski definition) is 0. The van der Waals surface area contributed by atoms with Crippen molar-refractivity contribution in [1.82, 2.24) is 0 Å². The number of benzene rings is 1. The number of ether oxygens (including phenoxy) is 3. The smallest absolute Gasteiger partial charge is 0.119 e. The van der Waals surface area contributed by atoms with Crippen molar-refractivity contribution >= 4 is 0 Å². The number of aryl methyl sites for hydroxylation is 1. The molecular formula is C18H32O3. The molecule has 1 aromatic carbocycles. The Bertz CT molecular complexity index is 309. The van der Waals surface area contributed by atoms with Gasteiger partial charge in [0, 0.05) is 6.61 Å². The Balaban J connectivity index is 0.00000191. The summed E-state index contributed by atoms with van der Waals surface area (Å²) in [5.41, 5.74) is 1.36. The Morgan fingerprint density at radius 3 is 1.86 bits per heavy atom. The SMILES string of the molecule is CC.CCCOCCOCCOc1ccc(CCC)cc1. The molecule has 0 unspecified atom stereocenters. The van der Waals surface area contributed by atoms with Crippen LogP contribution in [0, 0.1) is 0 Å². The Morgan fingerprint density at radius 2 is 1.29 bits per heavy atom. The predicted molar refractivity (Wildman–Crippen MR) is 89.2 cm³/mol. The van der Waals surface area contributed by atoms with Crippen molar-refractivity contribution in [3.63, 3.8) is 0 Å². The zero-order valence-electron chi connectivity index (χ0n) is 14.2. The Hall–Kier alpha value is -1.06. The van der Waals surface area contributed by atoms with Gasteiger partial charge in [-0.25, -0.2) is 0 Å². The molecule has 1 aromatic rings. The van der Waals surface area contributed by atoms with E-state index in [4.69, 9.17) is 14.2 Å².